The Bertz CT molecular complexity index is 1010. The first kappa shape index (κ1) is 19.5. The minimum Gasteiger partial charge on any atom is -0.372 e. The molecule has 0 bridgehead atoms. The average Bonchev–Trinajstić information content (AvgIpc) is 3.11. The first-order chi connectivity index (χ1) is 14.0. The fraction of sp³-hybridized carbons (Fsp3) is 0.333. The molecule has 4 rings (SSSR count). The summed E-state index contributed by atoms with van der Waals surface area (Å²) >= 11 is 0. The first-order valence-corrected chi connectivity index (χ1v) is 10.0. The van der Waals surface area contributed by atoms with Gasteiger partial charge in [-0.2, -0.15) is 5.10 Å². The largest absolute Gasteiger partial charge is 0.372 e. The lowest BCUT2D eigenvalue weighted by molar-refractivity contribution is 0.0295. The molecule has 2 heterocycles. The van der Waals surface area contributed by atoms with Crippen molar-refractivity contribution >= 4 is 6.08 Å². The summed E-state index contributed by atoms with van der Waals surface area (Å²) in [6.07, 6.45) is 7.62. The van der Waals surface area contributed by atoms with Crippen molar-refractivity contribution in [2.75, 3.05) is 6.61 Å². The van der Waals surface area contributed by atoms with E-state index in [9.17, 15) is 4.39 Å². The Morgan fingerprint density at radius 1 is 1.21 bits per heavy atom. The Labute approximate surface area is 171 Å². The maximum absolute atomic E-state index is 13.3. The van der Waals surface area contributed by atoms with Crippen LogP contribution in [-0.4, -0.2) is 21.4 Å². The van der Waals surface area contributed by atoms with Gasteiger partial charge >= 0.3 is 0 Å². The zero-order chi connectivity index (χ0) is 20.4. The number of rotatable bonds is 6. The average molecular weight is 391 g/mol. The van der Waals surface area contributed by atoms with Crippen LogP contribution in [0.3, 0.4) is 0 Å². The molecule has 0 radical (unpaired) electrons. The highest BCUT2D eigenvalue weighted by atomic mass is 19.1. The second-order valence-electron chi connectivity index (χ2n) is 7.91. The lowest BCUT2D eigenvalue weighted by Gasteiger charge is -2.36. The van der Waals surface area contributed by atoms with Gasteiger partial charge in [0.05, 0.1) is 23.3 Å². The van der Waals surface area contributed by atoms with Crippen LogP contribution < -0.4 is 0 Å². The minimum absolute atomic E-state index is 0.0526. The lowest BCUT2D eigenvalue weighted by Crippen LogP contribution is -2.28. The first-order valence-electron chi connectivity index (χ1n) is 10.0. The van der Waals surface area contributed by atoms with Crippen molar-refractivity contribution in [3.05, 3.63) is 83.2 Å². The second-order valence-corrected chi connectivity index (χ2v) is 7.91. The highest BCUT2D eigenvalue weighted by molar-refractivity contribution is 5.60. The summed E-state index contributed by atoms with van der Waals surface area (Å²) in [6, 6.07) is 12.4. The SMILES string of the molecule is CCO[C@H](CC1(C)Cc2cnn(-c3ccc(F)cc3)c2C=C1C)c1ccccn1. The molecule has 0 aliphatic heterocycles. The van der Waals surface area contributed by atoms with Crippen LogP contribution in [0, 0.1) is 11.2 Å². The molecule has 3 aromatic rings. The second kappa shape index (κ2) is 7.91. The minimum atomic E-state index is -0.245. The Balaban J connectivity index is 1.64. The van der Waals surface area contributed by atoms with Gasteiger partial charge in [-0.1, -0.05) is 18.6 Å². The van der Waals surface area contributed by atoms with E-state index in [1.807, 2.05) is 42.2 Å². The van der Waals surface area contributed by atoms with E-state index in [-0.39, 0.29) is 17.3 Å². The van der Waals surface area contributed by atoms with Crippen LogP contribution in [-0.2, 0) is 11.2 Å². The molecule has 0 N–H and O–H groups in total. The molecule has 1 aliphatic carbocycles. The van der Waals surface area contributed by atoms with Gasteiger partial charge in [0, 0.05) is 12.8 Å². The van der Waals surface area contributed by atoms with Crippen molar-refractivity contribution in [3.63, 3.8) is 0 Å². The number of allylic oxidation sites excluding steroid dienone is 1. The zero-order valence-corrected chi connectivity index (χ0v) is 17.1. The summed E-state index contributed by atoms with van der Waals surface area (Å²) in [7, 11) is 0. The molecule has 1 aromatic carbocycles. The topological polar surface area (TPSA) is 39.9 Å². The lowest BCUT2D eigenvalue weighted by atomic mass is 9.70. The highest BCUT2D eigenvalue weighted by Crippen LogP contribution is 2.45. The van der Waals surface area contributed by atoms with Crippen LogP contribution >= 0.6 is 0 Å². The molecule has 0 amide bonds. The number of aromatic nitrogens is 3. The van der Waals surface area contributed by atoms with Gasteiger partial charge in [0.2, 0.25) is 0 Å². The third kappa shape index (κ3) is 3.87. The molecule has 0 saturated carbocycles. The van der Waals surface area contributed by atoms with Crippen LogP contribution in [0.2, 0.25) is 0 Å². The molecule has 29 heavy (non-hydrogen) atoms. The molecule has 0 saturated heterocycles. The normalized spacial score (nSPS) is 19.5. The van der Waals surface area contributed by atoms with Gasteiger partial charge in [0.1, 0.15) is 11.9 Å². The van der Waals surface area contributed by atoms with Crippen LogP contribution in [0.1, 0.15) is 50.2 Å². The van der Waals surface area contributed by atoms with Gasteiger partial charge in [-0.3, -0.25) is 4.98 Å². The maximum atomic E-state index is 13.3. The van der Waals surface area contributed by atoms with Gasteiger partial charge in [0.25, 0.3) is 0 Å². The van der Waals surface area contributed by atoms with E-state index in [0.29, 0.717) is 6.61 Å². The molecule has 1 aliphatic rings. The van der Waals surface area contributed by atoms with Gasteiger partial charge < -0.3 is 4.74 Å². The molecule has 0 spiro atoms. The number of benzene rings is 1. The van der Waals surface area contributed by atoms with Crippen LogP contribution in [0.4, 0.5) is 4.39 Å². The Morgan fingerprint density at radius 3 is 2.69 bits per heavy atom. The molecular formula is C24H26FN3O. The number of hydrogen-bond acceptors (Lipinski definition) is 3. The van der Waals surface area contributed by atoms with Crippen molar-refractivity contribution in [2.45, 2.75) is 39.7 Å². The third-order valence-electron chi connectivity index (χ3n) is 5.86. The third-order valence-corrected chi connectivity index (χ3v) is 5.86. The zero-order valence-electron chi connectivity index (χ0n) is 17.1. The van der Waals surface area contributed by atoms with Crippen molar-refractivity contribution in [3.8, 4) is 5.69 Å². The predicted molar refractivity (Wildman–Crippen MR) is 112 cm³/mol. The summed E-state index contributed by atoms with van der Waals surface area (Å²) in [5, 5.41) is 4.58. The van der Waals surface area contributed by atoms with Crippen LogP contribution in [0.25, 0.3) is 11.8 Å². The Hall–Kier alpha value is -2.79. The number of hydrogen-bond donors (Lipinski definition) is 0. The monoisotopic (exact) mass is 391 g/mol. The molecule has 2 aromatic heterocycles. The smallest absolute Gasteiger partial charge is 0.123 e. The quantitative estimate of drug-likeness (QED) is 0.554. The standard InChI is InChI=1S/C24H26FN3O/c1-4-29-23(21-7-5-6-12-26-21)15-24(3)14-18-16-27-28(22(18)13-17(24)2)20-10-8-19(25)9-11-20/h5-13,16,23H,4,14-15H2,1-3H3/t23-,24?/m1/s1. The van der Waals surface area contributed by atoms with Gasteiger partial charge in [-0.05, 0) is 80.1 Å². The van der Waals surface area contributed by atoms with Gasteiger partial charge in [-0.25, -0.2) is 9.07 Å². The Kier molecular flexibility index (Phi) is 5.33. The number of nitrogens with zero attached hydrogens (tertiary/aromatic N) is 3. The highest BCUT2D eigenvalue weighted by Gasteiger charge is 2.36. The Morgan fingerprint density at radius 2 is 2.00 bits per heavy atom. The molecule has 0 fully saturated rings. The van der Waals surface area contributed by atoms with E-state index in [1.54, 1.807) is 12.1 Å². The maximum Gasteiger partial charge on any atom is 0.123 e. The van der Waals surface area contributed by atoms with E-state index < -0.39 is 0 Å². The van der Waals surface area contributed by atoms with Crippen molar-refractivity contribution in [1.82, 2.24) is 14.8 Å². The van der Waals surface area contributed by atoms with E-state index in [2.05, 4.69) is 30.0 Å². The van der Waals surface area contributed by atoms with E-state index in [4.69, 9.17) is 4.74 Å². The van der Waals surface area contributed by atoms with Crippen LogP contribution in [0.5, 0.6) is 0 Å². The summed E-state index contributed by atoms with van der Waals surface area (Å²) in [5.74, 6) is -0.245. The molecule has 5 heteroatoms. The summed E-state index contributed by atoms with van der Waals surface area (Å²) in [6.45, 7) is 7.12. The predicted octanol–water partition coefficient (Wildman–Crippen LogP) is 5.54. The van der Waals surface area contributed by atoms with E-state index >= 15 is 0 Å². The van der Waals surface area contributed by atoms with Crippen molar-refractivity contribution in [2.24, 2.45) is 5.41 Å². The molecule has 2 atom stereocenters. The van der Waals surface area contributed by atoms with E-state index in [0.717, 1.165) is 29.9 Å². The molecular weight excluding hydrogens is 365 g/mol. The molecule has 150 valence electrons. The molecule has 4 nitrogen and oxygen atoms in total. The summed E-state index contributed by atoms with van der Waals surface area (Å²) in [4.78, 5) is 4.52. The summed E-state index contributed by atoms with van der Waals surface area (Å²) < 4.78 is 21.3. The van der Waals surface area contributed by atoms with Crippen molar-refractivity contribution in [1.29, 1.82) is 0 Å². The fourth-order valence-corrected chi connectivity index (χ4v) is 4.07. The van der Waals surface area contributed by atoms with E-state index in [1.165, 1.54) is 23.3 Å². The van der Waals surface area contributed by atoms with Crippen molar-refractivity contribution < 1.29 is 9.13 Å². The number of pyridine rings is 1. The summed E-state index contributed by atoms with van der Waals surface area (Å²) in [5.41, 5.74) is 5.32. The number of ether oxygens (including phenoxy) is 1. The fourth-order valence-electron chi connectivity index (χ4n) is 4.07. The van der Waals surface area contributed by atoms with Gasteiger partial charge in [-0.15, -0.1) is 0 Å². The van der Waals surface area contributed by atoms with Crippen LogP contribution in [0.15, 0.2) is 60.4 Å². The number of fused-ring (bicyclic) bond motifs is 1. The number of halogens is 1. The van der Waals surface area contributed by atoms with Gasteiger partial charge in [0.15, 0.2) is 0 Å². The molecule has 1 unspecified atom stereocenters.